The zero-order chi connectivity index (χ0) is 29.5. The van der Waals surface area contributed by atoms with Gasteiger partial charge in [-0.15, -0.1) is 0 Å². The molecular formula is C29H39BrN6O4S. The molecule has 12 heteroatoms. The number of benzene rings is 2. The second-order valence-electron chi connectivity index (χ2n) is 11.3. The second-order valence-corrected chi connectivity index (χ2v) is 13.9. The molecule has 0 bridgehead atoms. The summed E-state index contributed by atoms with van der Waals surface area (Å²) in [4.78, 5) is 21.6. The van der Waals surface area contributed by atoms with Crippen LogP contribution in [0.15, 0.2) is 57.9 Å². The highest BCUT2D eigenvalue weighted by molar-refractivity contribution is 9.10. The molecular weight excluding hydrogens is 608 g/mol. The summed E-state index contributed by atoms with van der Waals surface area (Å²) in [6.07, 6.45) is 3.47. The average molecular weight is 648 g/mol. The van der Waals surface area contributed by atoms with E-state index < -0.39 is 21.7 Å². The Bertz CT molecular complexity index is 1440. The molecule has 0 spiro atoms. The minimum atomic E-state index is -3.55. The van der Waals surface area contributed by atoms with Gasteiger partial charge >= 0.3 is 6.09 Å². The quantitative estimate of drug-likeness (QED) is 0.200. The number of carbonyl (C=O) groups excluding carboxylic acids is 1. The number of amides is 1. The van der Waals surface area contributed by atoms with Crippen molar-refractivity contribution in [2.45, 2.75) is 57.0 Å². The van der Waals surface area contributed by atoms with E-state index in [4.69, 9.17) is 14.7 Å². The first kappa shape index (κ1) is 31.0. The van der Waals surface area contributed by atoms with Gasteiger partial charge in [-0.05, 0) is 98.5 Å². The third kappa shape index (κ3) is 9.27. The number of para-hydroxylation sites is 1. The van der Waals surface area contributed by atoms with E-state index in [9.17, 15) is 13.2 Å². The van der Waals surface area contributed by atoms with Crippen molar-refractivity contribution in [3.8, 4) is 0 Å². The molecule has 1 saturated carbocycles. The molecule has 0 saturated heterocycles. The molecule has 0 atom stereocenters. The van der Waals surface area contributed by atoms with Crippen molar-refractivity contribution < 1.29 is 17.9 Å². The standard InChI is InChI=1S/C29H39BrN6O4S/c1-29(2,3)40-28(37)32-17-16-31-26-22-8-4-6-10-24(22)35-27(36-26)33-18-20-12-14-21(15-13-20)19-34-41(38,39)25-11-7-5-9-23(25)30/h4-11,20-21,34H,12-19H2,1-3H3,(H,32,37)(H2,31,33,35,36)/t20-,21-. The number of halogens is 1. The smallest absolute Gasteiger partial charge is 0.407 e. The number of nitrogens with one attached hydrogen (secondary N) is 4. The van der Waals surface area contributed by atoms with Gasteiger partial charge in [0, 0.05) is 36.0 Å². The number of hydrogen-bond acceptors (Lipinski definition) is 8. The van der Waals surface area contributed by atoms with E-state index in [1.165, 1.54) is 0 Å². The Balaban J connectivity index is 1.26. The van der Waals surface area contributed by atoms with Gasteiger partial charge in [0.2, 0.25) is 16.0 Å². The van der Waals surface area contributed by atoms with Gasteiger partial charge in [-0.3, -0.25) is 0 Å². The van der Waals surface area contributed by atoms with Crippen LogP contribution < -0.4 is 20.7 Å². The lowest BCUT2D eigenvalue weighted by atomic mass is 9.82. The minimum Gasteiger partial charge on any atom is -0.444 e. The third-order valence-corrected chi connectivity index (χ3v) is 9.33. The van der Waals surface area contributed by atoms with E-state index in [1.54, 1.807) is 24.3 Å². The van der Waals surface area contributed by atoms with Gasteiger partial charge in [0.05, 0.1) is 10.4 Å². The first-order valence-corrected chi connectivity index (χ1v) is 16.2. The summed E-state index contributed by atoms with van der Waals surface area (Å²) >= 11 is 3.33. The van der Waals surface area contributed by atoms with E-state index in [-0.39, 0.29) is 4.90 Å². The maximum absolute atomic E-state index is 12.7. The highest BCUT2D eigenvalue weighted by atomic mass is 79.9. The van der Waals surface area contributed by atoms with Crippen LogP contribution in [-0.2, 0) is 14.8 Å². The lowest BCUT2D eigenvalue weighted by Gasteiger charge is -2.28. The highest BCUT2D eigenvalue weighted by Gasteiger charge is 2.24. The molecule has 41 heavy (non-hydrogen) atoms. The summed E-state index contributed by atoms with van der Waals surface area (Å²) in [5.41, 5.74) is 0.284. The fraction of sp³-hybridized carbons (Fsp3) is 0.483. The Morgan fingerprint density at radius 2 is 1.59 bits per heavy atom. The summed E-state index contributed by atoms with van der Waals surface area (Å²) in [6.45, 7) is 7.53. The van der Waals surface area contributed by atoms with Crippen LogP contribution in [-0.4, -0.2) is 56.3 Å². The molecule has 222 valence electrons. The van der Waals surface area contributed by atoms with Crippen LogP contribution in [0.4, 0.5) is 16.6 Å². The average Bonchev–Trinajstić information content (AvgIpc) is 2.93. The number of carbonyl (C=O) groups is 1. The number of aromatic nitrogens is 2. The molecule has 0 aliphatic heterocycles. The summed E-state index contributed by atoms with van der Waals surface area (Å²) in [5, 5.41) is 10.4. The van der Waals surface area contributed by atoms with E-state index in [0.29, 0.717) is 47.7 Å². The number of alkyl carbamates (subject to hydrolysis) is 1. The first-order chi connectivity index (χ1) is 19.5. The monoisotopic (exact) mass is 646 g/mol. The van der Waals surface area contributed by atoms with Gasteiger partial charge in [0.1, 0.15) is 11.4 Å². The number of ether oxygens (including phenoxy) is 1. The molecule has 1 heterocycles. The summed E-state index contributed by atoms with van der Waals surface area (Å²) in [6, 6.07) is 14.7. The first-order valence-electron chi connectivity index (χ1n) is 14.0. The predicted molar refractivity (Wildman–Crippen MR) is 166 cm³/mol. The Labute approximate surface area is 250 Å². The molecule has 1 aliphatic rings. The lowest BCUT2D eigenvalue weighted by molar-refractivity contribution is 0.0530. The Kier molecular flexibility index (Phi) is 10.4. The maximum Gasteiger partial charge on any atom is 0.407 e. The zero-order valence-corrected chi connectivity index (χ0v) is 26.1. The lowest BCUT2D eigenvalue weighted by Crippen LogP contribution is -2.35. The molecule has 0 unspecified atom stereocenters. The molecule has 1 fully saturated rings. The molecule has 2 aromatic carbocycles. The topological polar surface area (TPSA) is 134 Å². The van der Waals surface area contributed by atoms with E-state index in [1.807, 2.05) is 45.0 Å². The van der Waals surface area contributed by atoms with E-state index >= 15 is 0 Å². The molecule has 1 aliphatic carbocycles. The normalized spacial score (nSPS) is 17.7. The molecule has 4 rings (SSSR count). The molecule has 1 amide bonds. The molecule has 0 radical (unpaired) electrons. The Hall–Kier alpha value is -2.96. The predicted octanol–water partition coefficient (Wildman–Crippen LogP) is 5.53. The number of anilines is 2. The van der Waals surface area contributed by atoms with Crippen LogP contribution in [0.1, 0.15) is 46.5 Å². The van der Waals surface area contributed by atoms with Crippen LogP contribution >= 0.6 is 15.9 Å². The van der Waals surface area contributed by atoms with Crippen LogP contribution in [0, 0.1) is 11.8 Å². The van der Waals surface area contributed by atoms with Crippen LogP contribution in [0.5, 0.6) is 0 Å². The zero-order valence-electron chi connectivity index (χ0n) is 23.7. The molecule has 3 aromatic rings. The van der Waals surface area contributed by atoms with Crippen molar-refractivity contribution in [2.75, 3.05) is 36.8 Å². The van der Waals surface area contributed by atoms with Crippen molar-refractivity contribution in [1.82, 2.24) is 20.0 Å². The number of nitrogens with zero attached hydrogens (tertiary/aromatic N) is 2. The fourth-order valence-electron chi connectivity index (χ4n) is 4.79. The number of hydrogen-bond donors (Lipinski definition) is 4. The summed E-state index contributed by atoms with van der Waals surface area (Å²) in [7, 11) is -3.55. The van der Waals surface area contributed by atoms with Gasteiger partial charge in [-0.25, -0.2) is 22.9 Å². The van der Waals surface area contributed by atoms with Crippen molar-refractivity contribution >= 4 is 54.7 Å². The number of rotatable bonds is 11. The van der Waals surface area contributed by atoms with Crippen molar-refractivity contribution in [1.29, 1.82) is 0 Å². The van der Waals surface area contributed by atoms with Crippen molar-refractivity contribution in [3.63, 3.8) is 0 Å². The van der Waals surface area contributed by atoms with Crippen molar-refractivity contribution in [3.05, 3.63) is 53.0 Å². The summed E-state index contributed by atoms with van der Waals surface area (Å²) < 4.78 is 34.1. The molecule has 10 nitrogen and oxygen atoms in total. The number of sulfonamides is 1. The largest absolute Gasteiger partial charge is 0.444 e. The molecule has 1 aromatic heterocycles. The highest BCUT2D eigenvalue weighted by Crippen LogP contribution is 2.30. The fourth-order valence-corrected chi connectivity index (χ4v) is 6.91. The van der Waals surface area contributed by atoms with Gasteiger partial charge in [0.25, 0.3) is 0 Å². The number of fused-ring (bicyclic) bond motifs is 1. The second kappa shape index (κ2) is 13.8. The van der Waals surface area contributed by atoms with E-state index in [2.05, 4.69) is 36.6 Å². The SMILES string of the molecule is CC(C)(C)OC(=O)NCCNc1nc(NC[C@H]2CC[C@H](CNS(=O)(=O)c3ccccc3Br)CC2)nc2ccccc12. The summed E-state index contributed by atoms with van der Waals surface area (Å²) in [5.74, 6) is 2.01. The Morgan fingerprint density at radius 3 is 2.29 bits per heavy atom. The third-order valence-electron chi connectivity index (χ3n) is 6.89. The van der Waals surface area contributed by atoms with Crippen LogP contribution in [0.2, 0.25) is 0 Å². The minimum absolute atomic E-state index is 0.265. The van der Waals surface area contributed by atoms with Crippen molar-refractivity contribution in [2.24, 2.45) is 11.8 Å². The van der Waals surface area contributed by atoms with Gasteiger partial charge in [-0.1, -0.05) is 24.3 Å². The van der Waals surface area contributed by atoms with Crippen LogP contribution in [0.25, 0.3) is 10.9 Å². The van der Waals surface area contributed by atoms with E-state index in [0.717, 1.165) is 43.1 Å². The van der Waals surface area contributed by atoms with Gasteiger partial charge in [-0.2, -0.15) is 4.98 Å². The Morgan fingerprint density at radius 1 is 0.927 bits per heavy atom. The van der Waals surface area contributed by atoms with Gasteiger partial charge < -0.3 is 20.7 Å². The van der Waals surface area contributed by atoms with Gasteiger partial charge in [0.15, 0.2) is 0 Å². The van der Waals surface area contributed by atoms with Crippen LogP contribution in [0.3, 0.4) is 0 Å². The maximum atomic E-state index is 12.7. The molecule has 4 N–H and O–H groups in total.